The Morgan fingerprint density at radius 3 is 1.90 bits per heavy atom. The molecular weight excluding hydrogens is 806 g/mol. The molecule has 2 aliphatic rings. The molecule has 354 valence electrons. The van der Waals surface area contributed by atoms with Crippen LogP contribution < -0.4 is 5.73 Å². The number of aliphatic hydroxyl groups excluding tert-OH is 7. The Kier molecular flexibility index (Phi) is 29.5. The van der Waals surface area contributed by atoms with Gasteiger partial charge in [-0.3, -0.25) is 9.59 Å². The highest BCUT2D eigenvalue weighted by Gasteiger charge is 2.42. The van der Waals surface area contributed by atoms with E-state index in [0.29, 0.717) is 6.42 Å². The molecule has 0 amide bonds. The van der Waals surface area contributed by atoms with Gasteiger partial charge in [-0.05, 0) is 64.7 Å². The van der Waals surface area contributed by atoms with E-state index in [1.807, 2.05) is 44.2 Å². The lowest BCUT2D eigenvalue weighted by atomic mass is 9.91. The summed E-state index contributed by atoms with van der Waals surface area (Å²) in [7, 11) is 0. The van der Waals surface area contributed by atoms with Crippen molar-refractivity contribution in [1.29, 1.82) is 0 Å². The molecule has 0 saturated carbocycles. The number of esters is 1. The largest absolute Gasteiger partial charge is 0.481 e. The molecule has 12 atom stereocenters. The maximum Gasteiger partial charge on any atom is 0.308 e. The van der Waals surface area contributed by atoms with Crippen LogP contribution in [-0.4, -0.2) is 143 Å². The van der Waals surface area contributed by atoms with Crippen LogP contribution in [0.3, 0.4) is 0 Å². The zero-order chi connectivity index (χ0) is 46.5. The van der Waals surface area contributed by atoms with E-state index < -0.39 is 90.9 Å². The number of hydrogen-bond donors (Lipinski definition) is 11. The van der Waals surface area contributed by atoms with Crippen LogP contribution in [0.4, 0.5) is 0 Å². The minimum absolute atomic E-state index is 0.00681. The first-order valence-electron chi connectivity index (χ1n) is 21.8. The van der Waals surface area contributed by atoms with Gasteiger partial charge in [0.25, 0.3) is 0 Å². The third-order valence-electron chi connectivity index (χ3n) is 10.3. The zero-order valence-corrected chi connectivity index (χ0v) is 36.5. The predicted molar refractivity (Wildman–Crippen MR) is 234 cm³/mol. The molecule has 0 aromatic heterocycles. The Bertz CT molecular complexity index is 1440. The Balaban J connectivity index is 0.00000946. The number of hydrogen-bond acceptors (Lipinski definition) is 15. The number of rotatable bonds is 3. The van der Waals surface area contributed by atoms with Crippen LogP contribution in [0, 0.1) is 5.92 Å². The smallest absolute Gasteiger partial charge is 0.308 e. The van der Waals surface area contributed by atoms with E-state index in [9.17, 15) is 60.7 Å². The van der Waals surface area contributed by atoms with Crippen molar-refractivity contribution in [1.82, 2.24) is 0 Å². The van der Waals surface area contributed by atoms with Gasteiger partial charge in [-0.2, -0.15) is 0 Å². The van der Waals surface area contributed by atoms with Crippen LogP contribution in [0.25, 0.3) is 0 Å². The number of carboxylic acid groups (broad SMARTS) is 1. The summed E-state index contributed by atoms with van der Waals surface area (Å²) >= 11 is 0. The SMILES string of the molecule is CC.CC1OC(O[C@H]2/C=C/C=C/C=C/C=C/C=C/C=C/C=C/C[C@@H](O)CCOC(=O)C[C@H](O)C[C@H](O)CC[C@@H](O)[C@H](O)CCCC(O)(O)CC[C@@H](C(=O)O)CC2)C(O)C(N)C1O. The maximum absolute atomic E-state index is 12.2. The van der Waals surface area contributed by atoms with Gasteiger partial charge in [0, 0.05) is 19.3 Å². The summed E-state index contributed by atoms with van der Waals surface area (Å²) in [6, 6.07) is -1.04. The summed E-state index contributed by atoms with van der Waals surface area (Å²) in [6.45, 7) is 5.54. The molecule has 0 aromatic rings. The molecule has 1 fully saturated rings. The lowest BCUT2D eigenvalue weighted by Crippen LogP contribution is -2.61. The second-order valence-corrected chi connectivity index (χ2v) is 15.6. The van der Waals surface area contributed by atoms with Crippen molar-refractivity contribution in [3.8, 4) is 0 Å². The van der Waals surface area contributed by atoms with Crippen molar-refractivity contribution in [3.05, 3.63) is 85.1 Å². The molecule has 0 aliphatic carbocycles. The lowest BCUT2D eigenvalue weighted by molar-refractivity contribution is -0.276. The van der Waals surface area contributed by atoms with Crippen molar-refractivity contribution in [2.45, 2.75) is 177 Å². The number of aliphatic carboxylic acids is 1. The normalized spacial score (nSPS) is 37.5. The summed E-state index contributed by atoms with van der Waals surface area (Å²) in [5.41, 5.74) is 5.98. The molecule has 5 unspecified atom stereocenters. The Labute approximate surface area is 366 Å². The van der Waals surface area contributed by atoms with E-state index in [1.54, 1.807) is 61.6 Å². The highest BCUT2D eigenvalue weighted by molar-refractivity contribution is 5.70. The number of carbonyl (C=O) groups excluding carboxylic acids is 1. The number of cyclic esters (lactones) is 1. The zero-order valence-electron chi connectivity index (χ0n) is 36.5. The van der Waals surface area contributed by atoms with Crippen molar-refractivity contribution >= 4 is 11.9 Å². The molecule has 62 heavy (non-hydrogen) atoms. The molecule has 0 radical (unpaired) electrons. The molecule has 0 aromatic carbocycles. The minimum atomic E-state index is -2.26. The molecule has 1 saturated heterocycles. The number of ether oxygens (including phenoxy) is 3. The number of aliphatic hydroxyl groups is 9. The van der Waals surface area contributed by atoms with Crippen LogP contribution in [0.15, 0.2) is 85.1 Å². The molecule has 16 nitrogen and oxygen atoms in total. The van der Waals surface area contributed by atoms with Gasteiger partial charge >= 0.3 is 11.9 Å². The first-order chi connectivity index (χ1) is 29.5. The monoisotopic (exact) mass is 882 g/mol. The molecular formula is C46H75NO15. The predicted octanol–water partition coefficient (Wildman–Crippen LogP) is 2.90. The Morgan fingerprint density at radius 1 is 0.710 bits per heavy atom. The van der Waals surface area contributed by atoms with Gasteiger partial charge in [0.05, 0.1) is 73.8 Å². The fourth-order valence-electron chi connectivity index (χ4n) is 6.53. The fraction of sp³-hybridized carbons (Fsp3) is 0.652. The number of carboxylic acids is 1. The van der Waals surface area contributed by atoms with Gasteiger partial charge in [-0.1, -0.05) is 98.9 Å². The summed E-state index contributed by atoms with van der Waals surface area (Å²) in [4.78, 5) is 24.4. The summed E-state index contributed by atoms with van der Waals surface area (Å²) in [5.74, 6) is -5.11. The Morgan fingerprint density at radius 2 is 1.29 bits per heavy atom. The van der Waals surface area contributed by atoms with Crippen LogP contribution >= 0.6 is 0 Å². The fourth-order valence-corrected chi connectivity index (χ4v) is 6.53. The third-order valence-corrected chi connectivity index (χ3v) is 10.3. The average molecular weight is 882 g/mol. The van der Waals surface area contributed by atoms with Gasteiger partial charge in [0.15, 0.2) is 12.1 Å². The van der Waals surface area contributed by atoms with Gasteiger partial charge in [-0.25, -0.2) is 0 Å². The van der Waals surface area contributed by atoms with Crippen molar-refractivity contribution in [2.75, 3.05) is 6.61 Å². The second-order valence-electron chi connectivity index (χ2n) is 15.6. The van der Waals surface area contributed by atoms with Crippen LogP contribution in [0.5, 0.6) is 0 Å². The van der Waals surface area contributed by atoms with Crippen LogP contribution in [0.2, 0.25) is 0 Å². The molecule has 16 heteroatoms. The second kappa shape index (κ2) is 32.3. The number of nitrogens with two attached hydrogens (primary N) is 1. The van der Waals surface area contributed by atoms with Crippen molar-refractivity contribution < 1.29 is 74.9 Å². The first kappa shape index (κ1) is 56.7. The molecule has 12 N–H and O–H groups in total. The molecule has 2 heterocycles. The van der Waals surface area contributed by atoms with Crippen molar-refractivity contribution in [3.63, 3.8) is 0 Å². The molecule has 2 rings (SSSR count). The van der Waals surface area contributed by atoms with Crippen LogP contribution in [0.1, 0.15) is 104 Å². The van der Waals surface area contributed by atoms with Crippen molar-refractivity contribution in [2.24, 2.45) is 11.7 Å². The maximum atomic E-state index is 12.2. The third kappa shape index (κ3) is 25.1. The lowest BCUT2D eigenvalue weighted by Gasteiger charge is -2.40. The summed E-state index contributed by atoms with van der Waals surface area (Å²) in [6.07, 6.45) is 13.8. The Hall–Kier alpha value is -3.36. The van der Waals surface area contributed by atoms with Gasteiger partial charge in [-0.15, -0.1) is 0 Å². The van der Waals surface area contributed by atoms with E-state index >= 15 is 0 Å². The van der Waals surface area contributed by atoms with Crippen LogP contribution in [-0.2, 0) is 23.8 Å². The van der Waals surface area contributed by atoms with E-state index in [4.69, 9.17) is 19.9 Å². The van der Waals surface area contributed by atoms with Gasteiger partial charge < -0.3 is 71.0 Å². The molecule has 0 bridgehead atoms. The van der Waals surface area contributed by atoms with E-state index in [1.165, 1.54) is 0 Å². The molecule has 2 aliphatic heterocycles. The topological polar surface area (TPSA) is 290 Å². The van der Waals surface area contributed by atoms with E-state index in [-0.39, 0.29) is 83.7 Å². The highest BCUT2D eigenvalue weighted by Crippen LogP contribution is 2.27. The molecule has 0 spiro atoms. The quantitative estimate of drug-likeness (QED) is 0.144. The minimum Gasteiger partial charge on any atom is -0.481 e. The number of carbonyl (C=O) groups is 2. The number of allylic oxidation sites excluding steroid dienone is 12. The van der Waals surface area contributed by atoms with E-state index in [0.717, 1.165) is 0 Å². The highest BCUT2D eigenvalue weighted by atomic mass is 16.7. The first-order valence-corrected chi connectivity index (χ1v) is 21.8. The van der Waals surface area contributed by atoms with E-state index in [2.05, 4.69) is 0 Å². The summed E-state index contributed by atoms with van der Waals surface area (Å²) in [5, 5.41) is 104. The van der Waals surface area contributed by atoms with Gasteiger partial charge in [0.2, 0.25) is 0 Å². The average Bonchev–Trinajstić information content (AvgIpc) is 3.22. The standard InChI is InChI=1S/C44H69NO15.C2H6/c1-30-40(52)39(45)41(53)43(59-30)60-35-17-14-12-10-8-6-4-2-3-5-7-9-11-13-16-32(46)24-27-58-38(51)29-34(48)28-33(47)20-22-37(50)36(49)18-15-25-44(56,57)26-23-31(19-21-35)42(54)55;1-2/h2-14,17,30-37,39-41,43,46-50,52-53,56-57H,15-16,18-29,45H2,1H3,(H,54,55);1-2H3/b4-2+,5-3+,8-6+,9-7+,12-10+,13-11+,17-14+;/t30?,31-,32+,33+,34+,35-,36+,37+,39?,40?,41?,43?;/m0./s1. The van der Waals surface area contributed by atoms with Gasteiger partial charge in [0.1, 0.15) is 6.10 Å². The summed E-state index contributed by atoms with van der Waals surface area (Å²) < 4.78 is 16.8.